The van der Waals surface area contributed by atoms with Gasteiger partial charge in [-0.2, -0.15) is 0 Å². The Morgan fingerprint density at radius 1 is 1.47 bits per heavy atom. The van der Waals surface area contributed by atoms with Gasteiger partial charge in [-0.05, 0) is 12.1 Å². The van der Waals surface area contributed by atoms with E-state index in [1.165, 1.54) is 0 Å². The molecule has 80 valence electrons. The molecular formula is C11H14N2OS. The quantitative estimate of drug-likeness (QED) is 0.677. The van der Waals surface area contributed by atoms with E-state index >= 15 is 0 Å². The Kier molecular flexibility index (Phi) is 4.24. The highest BCUT2D eigenvalue weighted by Crippen LogP contribution is 2.12. The zero-order chi connectivity index (χ0) is 11.3. The predicted molar refractivity (Wildman–Crippen MR) is 64.0 cm³/mol. The van der Waals surface area contributed by atoms with Gasteiger partial charge in [0.25, 0.3) is 5.91 Å². The van der Waals surface area contributed by atoms with Gasteiger partial charge in [0.2, 0.25) is 0 Å². The molecule has 0 aliphatic heterocycles. The molecule has 0 aromatic heterocycles. The Balaban J connectivity index is 2.54. The van der Waals surface area contributed by atoms with Crippen molar-refractivity contribution in [2.45, 2.75) is 11.3 Å². The van der Waals surface area contributed by atoms with Gasteiger partial charge in [-0.1, -0.05) is 18.7 Å². The number of nitrogens with one attached hydrogen (secondary N) is 1. The molecule has 3 nitrogen and oxygen atoms in total. The predicted octanol–water partition coefficient (Wildman–Crippen LogP) is 1.57. The molecule has 0 radical (unpaired) electrons. The van der Waals surface area contributed by atoms with Crippen molar-refractivity contribution in [3.63, 3.8) is 0 Å². The van der Waals surface area contributed by atoms with Crippen LogP contribution in [0.15, 0.2) is 41.4 Å². The maximum Gasteiger partial charge on any atom is 0.252 e. The summed E-state index contributed by atoms with van der Waals surface area (Å²) in [5, 5.41) is 2.74. The maximum absolute atomic E-state index is 11.6. The number of hydrogen-bond acceptors (Lipinski definition) is 3. The van der Waals surface area contributed by atoms with E-state index in [4.69, 9.17) is 5.73 Å². The third-order valence-corrected chi connectivity index (χ3v) is 2.27. The molecule has 0 heterocycles. The third kappa shape index (κ3) is 3.67. The highest BCUT2D eigenvalue weighted by Gasteiger charge is 2.07. The normalized spacial score (nSPS) is 9.67. The molecule has 0 aliphatic rings. The lowest BCUT2D eigenvalue weighted by molar-refractivity contribution is 0.0951. The summed E-state index contributed by atoms with van der Waals surface area (Å²) in [7, 11) is 0. The summed E-state index contributed by atoms with van der Waals surface area (Å²) in [6, 6.07) is 7.14. The second kappa shape index (κ2) is 5.46. The summed E-state index contributed by atoms with van der Waals surface area (Å²) in [4.78, 5) is 12.3. The number of carbonyl (C=O) groups is 1. The van der Waals surface area contributed by atoms with Crippen LogP contribution in [0.2, 0.25) is 0 Å². The Bertz CT molecular complexity index is 377. The van der Waals surface area contributed by atoms with Crippen molar-refractivity contribution in [1.29, 1.82) is 0 Å². The average Bonchev–Trinajstić information content (AvgIpc) is 2.17. The number of thiol groups is 1. The van der Waals surface area contributed by atoms with Crippen LogP contribution in [-0.2, 0) is 0 Å². The number of benzene rings is 1. The van der Waals surface area contributed by atoms with Gasteiger partial charge in [0.15, 0.2) is 0 Å². The van der Waals surface area contributed by atoms with Crippen LogP contribution < -0.4 is 11.1 Å². The minimum absolute atomic E-state index is 0.137. The molecule has 3 N–H and O–H groups in total. The van der Waals surface area contributed by atoms with E-state index in [-0.39, 0.29) is 5.91 Å². The fraction of sp³-hybridized carbons (Fsp3) is 0.182. The standard InChI is InChI=1S/C11H14N2OS/c1-8(12)6-7-13-11(14)9-4-2-3-5-10(9)15/h2-5,15H,1,6-7,12H2,(H,13,14). The van der Waals surface area contributed by atoms with E-state index in [9.17, 15) is 4.79 Å². The number of amides is 1. The topological polar surface area (TPSA) is 55.1 Å². The fourth-order valence-electron chi connectivity index (χ4n) is 1.10. The molecule has 1 rings (SSSR count). The van der Waals surface area contributed by atoms with Crippen LogP contribution in [0.25, 0.3) is 0 Å². The highest BCUT2D eigenvalue weighted by molar-refractivity contribution is 7.80. The van der Waals surface area contributed by atoms with Crippen LogP contribution in [0.3, 0.4) is 0 Å². The largest absolute Gasteiger partial charge is 0.402 e. The number of carbonyl (C=O) groups excluding carboxylic acids is 1. The Hall–Kier alpha value is -1.42. The van der Waals surface area contributed by atoms with Crippen LogP contribution in [-0.4, -0.2) is 12.5 Å². The van der Waals surface area contributed by atoms with E-state index in [0.717, 1.165) is 0 Å². The third-order valence-electron chi connectivity index (χ3n) is 1.88. The second-order valence-electron chi connectivity index (χ2n) is 3.18. The van der Waals surface area contributed by atoms with E-state index in [2.05, 4.69) is 24.5 Å². The van der Waals surface area contributed by atoms with Gasteiger partial charge in [0.05, 0.1) is 5.56 Å². The van der Waals surface area contributed by atoms with Gasteiger partial charge >= 0.3 is 0 Å². The number of hydrogen-bond donors (Lipinski definition) is 3. The van der Waals surface area contributed by atoms with E-state index < -0.39 is 0 Å². The summed E-state index contributed by atoms with van der Waals surface area (Å²) >= 11 is 4.20. The van der Waals surface area contributed by atoms with Gasteiger partial charge in [0.1, 0.15) is 0 Å². The first kappa shape index (κ1) is 11.7. The summed E-state index contributed by atoms with van der Waals surface area (Å²) in [5.41, 5.74) is 6.52. The van der Waals surface area contributed by atoms with E-state index in [0.29, 0.717) is 29.1 Å². The maximum atomic E-state index is 11.6. The smallest absolute Gasteiger partial charge is 0.252 e. The molecule has 1 aromatic carbocycles. The number of rotatable bonds is 4. The van der Waals surface area contributed by atoms with Gasteiger partial charge in [-0.25, -0.2) is 0 Å². The lowest BCUT2D eigenvalue weighted by Gasteiger charge is -2.06. The molecule has 4 heteroatoms. The van der Waals surface area contributed by atoms with Crippen molar-refractivity contribution in [3.8, 4) is 0 Å². The lowest BCUT2D eigenvalue weighted by atomic mass is 10.2. The SMILES string of the molecule is C=C(N)CCNC(=O)c1ccccc1S. The van der Waals surface area contributed by atoms with Gasteiger partial charge in [-0.3, -0.25) is 4.79 Å². The second-order valence-corrected chi connectivity index (χ2v) is 3.66. The van der Waals surface area contributed by atoms with Crippen molar-refractivity contribution in [3.05, 3.63) is 42.1 Å². The molecule has 1 amide bonds. The zero-order valence-electron chi connectivity index (χ0n) is 8.36. The molecule has 0 aliphatic carbocycles. The van der Waals surface area contributed by atoms with E-state index in [1.807, 2.05) is 6.07 Å². The number of nitrogens with two attached hydrogens (primary N) is 1. The first-order valence-corrected chi connectivity index (χ1v) is 5.05. The molecule has 15 heavy (non-hydrogen) atoms. The van der Waals surface area contributed by atoms with Crippen molar-refractivity contribution >= 4 is 18.5 Å². The summed E-state index contributed by atoms with van der Waals surface area (Å²) in [6.07, 6.45) is 0.584. The summed E-state index contributed by atoms with van der Waals surface area (Å²) in [6.45, 7) is 4.05. The van der Waals surface area contributed by atoms with Crippen molar-refractivity contribution in [2.75, 3.05) is 6.54 Å². The molecular weight excluding hydrogens is 208 g/mol. The lowest BCUT2D eigenvalue weighted by Crippen LogP contribution is -2.25. The first-order chi connectivity index (χ1) is 7.11. The van der Waals surface area contributed by atoms with Crippen LogP contribution >= 0.6 is 12.6 Å². The molecule has 0 unspecified atom stereocenters. The van der Waals surface area contributed by atoms with Crippen LogP contribution in [0.4, 0.5) is 0 Å². The molecule has 0 fully saturated rings. The molecule has 0 atom stereocenters. The highest BCUT2D eigenvalue weighted by atomic mass is 32.1. The first-order valence-electron chi connectivity index (χ1n) is 4.60. The molecule has 0 bridgehead atoms. The summed E-state index contributed by atoms with van der Waals surface area (Å²) in [5.74, 6) is -0.137. The Morgan fingerprint density at radius 3 is 2.73 bits per heavy atom. The van der Waals surface area contributed by atoms with Crippen molar-refractivity contribution < 1.29 is 4.79 Å². The summed E-state index contributed by atoms with van der Waals surface area (Å²) < 4.78 is 0. The fourth-order valence-corrected chi connectivity index (χ4v) is 1.36. The minimum Gasteiger partial charge on any atom is -0.402 e. The minimum atomic E-state index is -0.137. The van der Waals surface area contributed by atoms with Crippen LogP contribution in [0, 0.1) is 0 Å². The van der Waals surface area contributed by atoms with E-state index in [1.54, 1.807) is 18.2 Å². The van der Waals surface area contributed by atoms with Crippen LogP contribution in [0.1, 0.15) is 16.8 Å². The van der Waals surface area contributed by atoms with Gasteiger partial charge in [-0.15, -0.1) is 12.6 Å². The molecule has 0 saturated carbocycles. The van der Waals surface area contributed by atoms with Crippen LogP contribution in [0.5, 0.6) is 0 Å². The monoisotopic (exact) mass is 222 g/mol. The van der Waals surface area contributed by atoms with Crippen molar-refractivity contribution in [1.82, 2.24) is 5.32 Å². The average molecular weight is 222 g/mol. The Morgan fingerprint density at radius 2 is 2.13 bits per heavy atom. The van der Waals surface area contributed by atoms with Gasteiger partial charge < -0.3 is 11.1 Å². The molecule has 0 saturated heterocycles. The van der Waals surface area contributed by atoms with Gasteiger partial charge in [0, 0.05) is 23.6 Å². The Labute approximate surface area is 94.8 Å². The zero-order valence-corrected chi connectivity index (χ0v) is 9.26. The molecule has 0 spiro atoms. The van der Waals surface area contributed by atoms with Crippen molar-refractivity contribution in [2.24, 2.45) is 5.73 Å². The molecule has 1 aromatic rings.